The van der Waals surface area contributed by atoms with Crippen LogP contribution in [0.15, 0.2) is 41.3 Å². The van der Waals surface area contributed by atoms with Crippen LogP contribution in [0.25, 0.3) is 6.08 Å². The Labute approximate surface area is 243 Å². The van der Waals surface area contributed by atoms with Gasteiger partial charge in [0.15, 0.2) is 0 Å². The first-order valence-electron chi connectivity index (χ1n) is 13.9. The minimum atomic E-state index is -0.497. The Morgan fingerprint density at radius 3 is 2.38 bits per heavy atom. The second-order valence-electron chi connectivity index (χ2n) is 11.5. The number of methoxy groups -OCH3 is 1. The summed E-state index contributed by atoms with van der Waals surface area (Å²) in [7, 11) is 1.50. The quantitative estimate of drug-likeness (QED) is 0.342. The van der Waals surface area contributed by atoms with Crippen molar-refractivity contribution >= 4 is 52.2 Å². The smallest absolute Gasteiger partial charge is 0.294 e. The number of thioether (sulfide) groups is 1. The van der Waals surface area contributed by atoms with Gasteiger partial charge >= 0.3 is 0 Å². The number of hydrogen-bond donors (Lipinski definition) is 1. The van der Waals surface area contributed by atoms with E-state index in [4.69, 9.17) is 21.1 Å². The van der Waals surface area contributed by atoms with Crippen molar-refractivity contribution in [2.75, 3.05) is 25.6 Å². The van der Waals surface area contributed by atoms with Gasteiger partial charge < -0.3 is 14.8 Å². The Morgan fingerprint density at radius 2 is 1.75 bits per heavy atom. The van der Waals surface area contributed by atoms with E-state index in [9.17, 15) is 14.4 Å². The maximum absolute atomic E-state index is 13.3. The lowest BCUT2D eigenvalue weighted by Gasteiger charge is -2.57. The zero-order valence-electron chi connectivity index (χ0n) is 22.7. The molecule has 2 aromatic carbocycles. The Bertz CT molecular complexity index is 1370. The molecular formula is C31H33ClN2O5S. The molecule has 40 heavy (non-hydrogen) atoms. The number of benzene rings is 2. The Balaban J connectivity index is 1.22. The van der Waals surface area contributed by atoms with Crippen LogP contribution in [0, 0.1) is 17.8 Å². The second kappa shape index (κ2) is 10.8. The summed E-state index contributed by atoms with van der Waals surface area (Å²) < 4.78 is 11.1. The maximum Gasteiger partial charge on any atom is 0.294 e. The summed E-state index contributed by atoms with van der Waals surface area (Å²) in [6.07, 6.45) is 9.56. The number of ether oxygens (including phenoxy) is 2. The lowest BCUT2D eigenvalue weighted by atomic mass is 9.48. The van der Waals surface area contributed by atoms with Crippen LogP contribution in [-0.4, -0.2) is 42.2 Å². The van der Waals surface area contributed by atoms with Crippen LogP contribution in [0.4, 0.5) is 10.5 Å². The highest BCUT2D eigenvalue weighted by Gasteiger charge is 2.51. The average Bonchev–Trinajstić information content (AvgIpc) is 3.16. The third kappa shape index (κ3) is 5.12. The number of imide groups is 1. The fourth-order valence-electron chi connectivity index (χ4n) is 7.61. The standard InChI is InChI=1S/C31H33ClN2O5S/c1-3-39-25-6-4-22(31-14-18-8-19(15-31)10-20(9-18)16-31)11-21(25)12-27-29(36)34(30(37)40-27)17-28(35)33-23-5-7-26(38-2)24(32)13-23/h4-7,11-13,18-20H,3,8-10,14-17H2,1-2H3,(H,33,35)/b27-12+. The molecule has 3 amide bonds. The normalized spacial score (nSPS) is 27.9. The number of rotatable bonds is 8. The van der Waals surface area contributed by atoms with Crippen molar-refractivity contribution in [1.29, 1.82) is 0 Å². The Morgan fingerprint density at radius 1 is 1.07 bits per heavy atom. The fraction of sp³-hybridized carbons (Fsp3) is 0.452. The molecule has 7 rings (SSSR count). The van der Waals surface area contributed by atoms with Crippen molar-refractivity contribution in [1.82, 2.24) is 4.90 Å². The van der Waals surface area contributed by atoms with Crippen molar-refractivity contribution in [3.63, 3.8) is 0 Å². The monoisotopic (exact) mass is 580 g/mol. The van der Waals surface area contributed by atoms with Crippen molar-refractivity contribution < 1.29 is 23.9 Å². The molecule has 210 valence electrons. The molecule has 5 fully saturated rings. The van der Waals surface area contributed by atoms with Gasteiger partial charge in [-0.05, 0) is 122 Å². The summed E-state index contributed by atoms with van der Waals surface area (Å²) in [4.78, 5) is 40.0. The summed E-state index contributed by atoms with van der Waals surface area (Å²) in [6, 6.07) is 11.2. The summed E-state index contributed by atoms with van der Waals surface area (Å²) in [5.74, 6) is 2.64. The first kappa shape index (κ1) is 27.2. The largest absolute Gasteiger partial charge is 0.495 e. The van der Waals surface area contributed by atoms with Crippen LogP contribution < -0.4 is 14.8 Å². The zero-order chi connectivity index (χ0) is 28.0. The molecule has 0 unspecified atom stereocenters. The molecule has 7 nitrogen and oxygen atoms in total. The van der Waals surface area contributed by atoms with E-state index < -0.39 is 23.6 Å². The summed E-state index contributed by atoms with van der Waals surface area (Å²) in [5, 5.41) is 2.55. The summed E-state index contributed by atoms with van der Waals surface area (Å²) >= 11 is 6.99. The highest BCUT2D eigenvalue weighted by molar-refractivity contribution is 8.18. The highest BCUT2D eigenvalue weighted by Crippen LogP contribution is 2.61. The van der Waals surface area contributed by atoms with E-state index in [1.165, 1.54) is 51.2 Å². The number of hydrogen-bond acceptors (Lipinski definition) is 6. The van der Waals surface area contributed by atoms with Gasteiger partial charge in [-0.3, -0.25) is 19.3 Å². The van der Waals surface area contributed by atoms with E-state index in [0.717, 1.165) is 40.0 Å². The van der Waals surface area contributed by atoms with Gasteiger partial charge in [-0.15, -0.1) is 0 Å². The zero-order valence-corrected chi connectivity index (χ0v) is 24.3. The number of carbonyl (C=O) groups excluding carboxylic acids is 3. The van der Waals surface area contributed by atoms with E-state index in [-0.39, 0.29) is 10.3 Å². The molecule has 2 aromatic rings. The summed E-state index contributed by atoms with van der Waals surface area (Å²) in [5.41, 5.74) is 2.77. The maximum atomic E-state index is 13.3. The highest BCUT2D eigenvalue weighted by atomic mass is 35.5. The van der Waals surface area contributed by atoms with Crippen LogP contribution in [0.5, 0.6) is 11.5 Å². The predicted octanol–water partition coefficient (Wildman–Crippen LogP) is 6.89. The molecule has 5 aliphatic rings. The van der Waals surface area contributed by atoms with Gasteiger partial charge in [-0.2, -0.15) is 0 Å². The number of nitrogens with one attached hydrogen (secondary N) is 1. The molecule has 0 atom stereocenters. The Hall–Kier alpha value is -2.97. The first-order valence-corrected chi connectivity index (χ1v) is 15.1. The minimum absolute atomic E-state index is 0.198. The van der Waals surface area contributed by atoms with Crippen molar-refractivity contribution in [3.8, 4) is 11.5 Å². The number of anilines is 1. The summed E-state index contributed by atoms with van der Waals surface area (Å²) in [6.45, 7) is 2.03. The topological polar surface area (TPSA) is 84.9 Å². The van der Waals surface area contributed by atoms with Gasteiger partial charge in [-0.1, -0.05) is 17.7 Å². The number of amides is 3. The predicted molar refractivity (Wildman–Crippen MR) is 157 cm³/mol. The lowest BCUT2D eigenvalue weighted by Crippen LogP contribution is -2.48. The molecular weight excluding hydrogens is 548 g/mol. The van der Waals surface area contributed by atoms with E-state index >= 15 is 0 Å². The molecule has 0 spiro atoms. The van der Waals surface area contributed by atoms with Crippen LogP contribution in [0.1, 0.15) is 56.6 Å². The van der Waals surface area contributed by atoms with E-state index in [1.54, 1.807) is 24.3 Å². The van der Waals surface area contributed by atoms with Gasteiger partial charge in [-0.25, -0.2) is 0 Å². The third-order valence-electron chi connectivity index (χ3n) is 8.86. The van der Waals surface area contributed by atoms with Gasteiger partial charge in [0.05, 0.1) is 23.6 Å². The average molecular weight is 581 g/mol. The van der Waals surface area contributed by atoms with Crippen LogP contribution in [0.2, 0.25) is 5.02 Å². The van der Waals surface area contributed by atoms with Crippen LogP contribution in [0.3, 0.4) is 0 Å². The lowest BCUT2D eigenvalue weighted by molar-refractivity contribution is -0.127. The minimum Gasteiger partial charge on any atom is -0.495 e. The first-order chi connectivity index (χ1) is 19.3. The van der Waals surface area contributed by atoms with Crippen LogP contribution in [-0.2, 0) is 15.0 Å². The van der Waals surface area contributed by atoms with Gasteiger partial charge in [0.1, 0.15) is 18.0 Å². The number of halogens is 1. The Kier molecular flexibility index (Phi) is 7.34. The van der Waals surface area contributed by atoms with Gasteiger partial charge in [0.25, 0.3) is 11.1 Å². The molecule has 1 heterocycles. The molecule has 1 N–H and O–H groups in total. The van der Waals surface area contributed by atoms with E-state index in [2.05, 4.69) is 17.4 Å². The van der Waals surface area contributed by atoms with Crippen molar-refractivity contribution in [2.45, 2.75) is 50.9 Å². The fourth-order valence-corrected chi connectivity index (χ4v) is 8.69. The molecule has 1 saturated heterocycles. The molecule has 1 aliphatic heterocycles. The van der Waals surface area contributed by atoms with Gasteiger partial charge in [0.2, 0.25) is 5.91 Å². The number of carbonyl (C=O) groups is 3. The molecule has 9 heteroatoms. The van der Waals surface area contributed by atoms with Crippen molar-refractivity contribution in [3.05, 3.63) is 57.5 Å². The second-order valence-corrected chi connectivity index (χ2v) is 12.9. The molecule has 4 bridgehead atoms. The molecule has 0 aromatic heterocycles. The third-order valence-corrected chi connectivity index (χ3v) is 10.1. The molecule has 4 saturated carbocycles. The van der Waals surface area contributed by atoms with Crippen LogP contribution >= 0.6 is 23.4 Å². The van der Waals surface area contributed by atoms with Gasteiger partial charge in [0, 0.05) is 11.3 Å². The number of nitrogens with zero attached hydrogens (tertiary/aromatic N) is 1. The SMILES string of the molecule is CCOc1ccc(C23CC4CC(CC(C4)C2)C3)cc1/C=C1/SC(=O)N(CC(=O)Nc2ccc(OC)c(Cl)c2)C1=O. The van der Waals surface area contributed by atoms with E-state index in [0.29, 0.717) is 28.8 Å². The molecule has 0 radical (unpaired) electrons. The van der Waals surface area contributed by atoms with Crippen molar-refractivity contribution in [2.24, 2.45) is 17.8 Å². The molecule has 4 aliphatic carbocycles. The van der Waals surface area contributed by atoms with E-state index in [1.807, 2.05) is 13.0 Å².